The number of nitrogens with zero attached hydrogens (tertiary/aromatic N) is 4. The molecule has 1 aliphatic carbocycles. The molecule has 0 aromatic carbocycles. The molecule has 1 spiro atoms. The van der Waals surface area contributed by atoms with Crippen LogP contribution in [0.15, 0.2) is 6.20 Å². The van der Waals surface area contributed by atoms with E-state index in [9.17, 15) is 9.50 Å². The van der Waals surface area contributed by atoms with Crippen LogP contribution in [-0.4, -0.2) is 39.3 Å². The molecule has 1 N–H and O–H groups in total. The van der Waals surface area contributed by atoms with Crippen molar-refractivity contribution in [2.75, 3.05) is 18.0 Å². The van der Waals surface area contributed by atoms with Gasteiger partial charge in [-0.05, 0) is 42.7 Å². The number of pyridine rings is 1. The minimum atomic E-state index is -0.680. The lowest BCUT2D eigenvalue weighted by Crippen LogP contribution is -2.52. The molecule has 1 saturated heterocycles. The first-order chi connectivity index (χ1) is 11.0. The van der Waals surface area contributed by atoms with Crippen molar-refractivity contribution >= 4 is 39.9 Å². The Morgan fingerprint density at radius 3 is 2.83 bits per heavy atom. The van der Waals surface area contributed by atoms with E-state index >= 15 is 0 Å². The lowest BCUT2D eigenvalue weighted by molar-refractivity contribution is -0.0396. The van der Waals surface area contributed by atoms with Gasteiger partial charge in [0.25, 0.3) is 0 Å². The lowest BCUT2D eigenvalue weighted by Gasteiger charge is -2.51. The minimum Gasteiger partial charge on any atom is -0.393 e. The second-order valence-corrected chi connectivity index (χ2v) is 7.22. The first-order valence-electron chi connectivity index (χ1n) is 7.58. The maximum atomic E-state index is 14.2. The largest absolute Gasteiger partial charge is 0.393 e. The van der Waals surface area contributed by atoms with Crippen LogP contribution >= 0.6 is 23.2 Å². The van der Waals surface area contributed by atoms with Crippen LogP contribution in [0.25, 0.3) is 10.9 Å². The van der Waals surface area contributed by atoms with Gasteiger partial charge in [-0.1, -0.05) is 11.6 Å². The standard InChI is InChI=1S/C15H15Cl2FN4O/c16-12-10(18)11-9(6-19-12)13(21-14(17)20-11)22-3-1-2-15(7-22)4-8(23)5-15/h6,8,23H,1-5,7H2/t8-,15+. The molecule has 3 heterocycles. The van der Waals surface area contributed by atoms with E-state index in [-0.39, 0.29) is 27.5 Å². The third kappa shape index (κ3) is 2.53. The number of fused-ring (bicyclic) bond motifs is 1. The molecule has 2 fully saturated rings. The van der Waals surface area contributed by atoms with Gasteiger partial charge >= 0.3 is 0 Å². The summed E-state index contributed by atoms with van der Waals surface area (Å²) in [4.78, 5) is 14.2. The van der Waals surface area contributed by atoms with Crippen LogP contribution in [0.4, 0.5) is 10.2 Å². The normalized spacial score (nSPS) is 27.5. The molecule has 8 heteroatoms. The highest BCUT2D eigenvalue weighted by molar-refractivity contribution is 6.30. The fraction of sp³-hybridized carbons (Fsp3) is 0.533. The average molecular weight is 357 g/mol. The Hall–Kier alpha value is -1.24. The Bertz CT molecular complexity index is 776. The lowest BCUT2D eigenvalue weighted by atomic mass is 9.62. The van der Waals surface area contributed by atoms with Crippen LogP contribution in [0, 0.1) is 11.2 Å². The second kappa shape index (κ2) is 5.40. The van der Waals surface area contributed by atoms with Crippen molar-refractivity contribution in [1.82, 2.24) is 15.0 Å². The van der Waals surface area contributed by atoms with E-state index < -0.39 is 5.82 Å². The van der Waals surface area contributed by atoms with Crippen molar-refractivity contribution < 1.29 is 9.50 Å². The van der Waals surface area contributed by atoms with Crippen molar-refractivity contribution in [3.05, 3.63) is 22.5 Å². The maximum absolute atomic E-state index is 14.2. The summed E-state index contributed by atoms with van der Waals surface area (Å²) < 4.78 is 14.2. The van der Waals surface area contributed by atoms with E-state index in [1.807, 2.05) is 0 Å². The summed E-state index contributed by atoms with van der Waals surface area (Å²) in [6, 6.07) is 0. The van der Waals surface area contributed by atoms with Gasteiger partial charge in [0.05, 0.1) is 11.5 Å². The second-order valence-electron chi connectivity index (χ2n) is 6.53. The van der Waals surface area contributed by atoms with Gasteiger partial charge in [-0.3, -0.25) is 0 Å². The summed E-state index contributed by atoms with van der Waals surface area (Å²) in [5, 5.41) is 9.93. The number of aliphatic hydroxyl groups excluding tert-OH is 1. The zero-order valence-corrected chi connectivity index (χ0v) is 13.8. The fourth-order valence-electron chi connectivity index (χ4n) is 3.90. The van der Waals surface area contributed by atoms with Crippen LogP contribution in [0.3, 0.4) is 0 Å². The molecule has 0 atom stereocenters. The Kier molecular flexibility index (Phi) is 3.59. The predicted molar refractivity (Wildman–Crippen MR) is 86.4 cm³/mol. The smallest absolute Gasteiger partial charge is 0.225 e. The minimum absolute atomic E-state index is 0.0121. The number of halogens is 3. The quantitative estimate of drug-likeness (QED) is 0.627. The summed E-state index contributed by atoms with van der Waals surface area (Å²) in [6.45, 7) is 1.58. The van der Waals surface area contributed by atoms with E-state index in [0.717, 1.165) is 38.8 Å². The molecule has 0 radical (unpaired) electrons. The average Bonchev–Trinajstić information content (AvgIpc) is 2.50. The summed E-state index contributed by atoms with van der Waals surface area (Å²) in [6.07, 6.45) is 4.98. The summed E-state index contributed by atoms with van der Waals surface area (Å²) in [7, 11) is 0. The number of piperidine rings is 1. The SMILES string of the molecule is O[C@H]1C[C@]2(CCCN(c3nc(Cl)nc4c(F)c(Cl)ncc34)C2)C1. The van der Waals surface area contributed by atoms with Crippen LogP contribution in [-0.2, 0) is 0 Å². The van der Waals surface area contributed by atoms with Gasteiger partial charge in [0.15, 0.2) is 11.0 Å². The molecule has 1 aliphatic heterocycles. The molecule has 2 aromatic rings. The number of hydrogen-bond donors (Lipinski definition) is 1. The van der Waals surface area contributed by atoms with Gasteiger partial charge in [-0.25, -0.2) is 14.4 Å². The van der Waals surface area contributed by atoms with Gasteiger partial charge in [-0.2, -0.15) is 4.98 Å². The number of anilines is 1. The molecule has 0 amide bonds. The number of hydrogen-bond acceptors (Lipinski definition) is 5. The molecule has 1 saturated carbocycles. The molecule has 0 bridgehead atoms. The predicted octanol–water partition coefficient (Wildman–Crippen LogP) is 3.21. The summed E-state index contributed by atoms with van der Waals surface area (Å²) >= 11 is 11.7. The highest BCUT2D eigenvalue weighted by Crippen LogP contribution is 2.48. The van der Waals surface area contributed by atoms with Crippen molar-refractivity contribution in [1.29, 1.82) is 0 Å². The Labute approximate surface area is 142 Å². The Balaban J connectivity index is 1.78. The van der Waals surface area contributed by atoms with E-state index in [1.54, 1.807) is 0 Å². The van der Waals surface area contributed by atoms with Crippen LogP contribution in [0.1, 0.15) is 25.7 Å². The van der Waals surface area contributed by atoms with Crippen molar-refractivity contribution in [3.63, 3.8) is 0 Å². The molecule has 4 rings (SSSR count). The Morgan fingerprint density at radius 2 is 2.09 bits per heavy atom. The topological polar surface area (TPSA) is 62.1 Å². The molecule has 122 valence electrons. The van der Waals surface area contributed by atoms with Gasteiger partial charge in [0, 0.05) is 19.3 Å². The number of aliphatic hydroxyl groups is 1. The first-order valence-corrected chi connectivity index (χ1v) is 8.33. The highest BCUT2D eigenvalue weighted by Gasteiger charge is 2.46. The first kappa shape index (κ1) is 15.3. The zero-order valence-electron chi connectivity index (χ0n) is 12.3. The van der Waals surface area contributed by atoms with Crippen LogP contribution in [0.5, 0.6) is 0 Å². The van der Waals surface area contributed by atoms with Crippen molar-refractivity contribution in [3.8, 4) is 0 Å². The molecular formula is C15H15Cl2FN4O. The van der Waals surface area contributed by atoms with Crippen molar-refractivity contribution in [2.24, 2.45) is 5.41 Å². The third-order valence-corrected chi connectivity index (χ3v) is 5.33. The van der Waals surface area contributed by atoms with E-state index in [0.29, 0.717) is 11.2 Å². The molecule has 2 aromatic heterocycles. The molecular weight excluding hydrogens is 342 g/mol. The highest BCUT2D eigenvalue weighted by atomic mass is 35.5. The third-order valence-electron chi connectivity index (χ3n) is 4.89. The molecule has 2 aliphatic rings. The number of rotatable bonds is 1. The van der Waals surface area contributed by atoms with Crippen molar-refractivity contribution in [2.45, 2.75) is 31.8 Å². The monoisotopic (exact) mass is 356 g/mol. The van der Waals surface area contributed by atoms with E-state index in [4.69, 9.17) is 23.2 Å². The van der Waals surface area contributed by atoms with Gasteiger partial charge < -0.3 is 10.0 Å². The molecule has 23 heavy (non-hydrogen) atoms. The van der Waals surface area contributed by atoms with Crippen LogP contribution < -0.4 is 4.90 Å². The van der Waals surface area contributed by atoms with E-state index in [2.05, 4.69) is 19.9 Å². The van der Waals surface area contributed by atoms with Crippen LogP contribution in [0.2, 0.25) is 10.4 Å². The zero-order chi connectivity index (χ0) is 16.2. The fourth-order valence-corrected chi connectivity index (χ4v) is 4.20. The van der Waals surface area contributed by atoms with E-state index in [1.165, 1.54) is 6.20 Å². The Morgan fingerprint density at radius 1 is 1.30 bits per heavy atom. The van der Waals surface area contributed by atoms with Gasteiger partial charge in [0.2, 0.25) is 5.28 Å². The van der Waals surface area contributed by atoms with Gasteiger partial charge in [-0.15, -0.1) is 0 Å². The summed E-state index contributed by atoms with van der Waals surface area (Å²) in [5.74, 6) is -0.0935. The molecule has 5 nitrogen and oxygen atoms in total. The van der Waals surface area contributed by atoms with Gasteiger partial charge in [0.1, 0.15) is 11.3 Å². The maximum Gasteiger partial charge on any atom is 0.225 e. The summed E-state index contributed by atoms with van der Waals surface area (Å²) in [5.41, 5.74) is 0.216. The molecule has 0 unspecified atom stereocenters. The number of aromatic nitrogens is 3.